The molecule has 0 bridgehead atoms. The molecule has 0 spiro atoms. The maximum Gasteiger partial charge on any atom is 0.318 e. The average molecular weight is 469 g/mol. The predicted molar refractivity (Wildman–Crippen MR) is 115 cm³/mol. The first-order chi connectivity index (χ1) is 14.5. The molecule has 1 unspecified atom stereocenters. The SMILES string of the molecule is CCOC(=O)C(Cc1ccc([N+](=O)[O-])cc1)C(=O)NS(=O)(=O)c1ccc(CC(C)C)s1. The summed E-state index contributed by atoms with van der Waals surface area (Å²) in [4.78, 5) is 36.1. The van der Waals surface area contributed by atoms with Gasteiger partial charge in [-0.1, -0.05) is 26.0 Å². The zero-order valence-electron chi connectivity index (χ0n) is 17.4. The summed E-state index contributed by atoms with van der Waals surface area (Å²) in [6.45, 7) is 5.60. The summed E-state index contributed by atoms with van der Waals surface area (Å²) in [5.74, 6) is -2.97. The van der Waals surface area contributed by atoms with Crippen LogP contribution in [0.5, 0.6) is 0 Å². The maximum absolute atomic E-state index is 12.7. The van der Waals surface area contributed by atoms with Crippen LogP contribution in [0.4, 0.5) is 5.69 Å². The largest absolute Gasteiger partial charge is 0.465 e. The zero-order chi connectivity index (χ0) is 23.2. The minimum Gasteiger partial charge on any atom is -0.465 e. The second-order valence-electron chi connectivity index (χ2n) is 7.22. The number of carbonyl (C=O) groups excluding carboxylic acids is 2. The van der Waals surface area contributed by atoms with E-state index in [0.29, 0.717) is 17.9 Å². The summed E-state index contributed by atoms with van der Waals surface area (Å²) >= 11 is 1.07. The lowest BCUT2D eigenvalue weighted by Gasteiger charge is -2.15. The van der Waals surface area contributed by atoms with Crippen LogP contribution in [0.2, 0.25) is 0 Å². The molecule has 0 saturated heterocycles. The van der Waals surface area contributed by atoms with Crippen molar-refractivity contribution >= 4 is 38.9 Å². The molecule has 0 aliphatic carbocycles. The third-order valence-corrected chi connectivity index (χ3v) is 7.17. The lowest BCUT2D eigenvalue weighted by Crippen LogP contribution is -2.40. The van der Waals surface area contributed by atoms with Crippen LogP contribution >= 0.6 is 11.3 Å². The fourth-order valence-electron chi connectivity index (χ4n) is 2.78. The summed E-state index contributed by atoms with van der Waals surface area (Å²) in [6.07, 6.45) is 0.543. The van der Waals surface area contributed by atoms with Gasteiger partial charge in [-0.25, -0.2) is 13.1 Å². The number of nitrogens with one attached hydrogen (secondary N) is 1. The second-order valence-corrected chi connectivity index (χ2v) is 10.3. The van der Waals surface area contributed by atoms with Crippen molar-refractivity contribution in [3.63, 3.8) is 0 Å². The van der Waals surface area contributed by atoms with E-state index < -0.39 is 32.7 Å². The van der Waals surface area contributed by atoms with Gasteiger partial charge in [0, 0.05) is 17.0 Å². The van der Waals surface area contributed by atoms with Crippen molar-refractivity contribution in [2.45, 2.75) is 37.8 Å². The minimum atomic E-state index is -4.16. The quantitative estimate of drug-likeness (QED) is 0.245. The molecule has 1 N–H and O–H groups in total. The minimum absolute atomic E-state index is 0.0130. The fourth-order valence-corrected chi connectivity index (χ4v) is 5.37. The Morgan fingerprint density at radius 2 is 1.77 bits per heavy atom. The Bertz CT molecular complexity index is 1040. The molecular formula is C20H24N2O7S2. The van der Waals surface area contributed by atoms with Gasteiger partial charge in [0.15, 0.2) is 0 Å². The summed E-state index contributed by atoms with van der Waals surface area (Å²) in [7, 11) is -4.16. The van der Waals surface area contributed by atoms with E-state index in [2.05, 4.69) is 0 Å². The fraction of sp³-hybridized carbons (Fsp3) is 0.400. The Labute approximate surface area is 184 Å². The standard InChI is InChI=1S/C20H24N2O7S2/c1-4-29-20(24)17(12-14-5-7-15(8-6-14)22(25)26)19(23)21-31(27,28)18-10-9-16(30-18)11-13(2)3/h5-10,13,17H,4,11-12H2,1-3H3,(H,21,23). The molecule has 0 aliphatic rings. The number of benzene rings is 1. The van der Waals surface area contributed by atoms with Crippen LogP contribution in [0.15, 0.2) is 40.6 Å². The molecule has 1 amide bonds. The van der Waals surface area contributed by atoms with Gasteiger partial charge in [-0.3, -0.25) is 19.7 Å². The van der Waals surface area contributed by atoms with Crippen LogP contribution in [-0.2, 0) is 37.2 Å². The van der Waals surface area contributed by atoms with E-state index in [9.17, 15) is 28.1 Å². The van der Waals surface area contributed by atoms with Crippen LogP contribution in [0, 0.1) is 22.0 Å². The lowest BCUT2D eigenvalue weighted by molar-refractivity contribution is -0.384. The van der Waals surface area contributed by atoms with E-state index in [0.717, 1.165) is 16.2 Å². The molecule has 0 saturated carbocycles. The van der Waals surface area contributed by atoms with Crippen molar-refractivity contribution in [3.8, 4) is 0 Å². The molecule has 11 heteroatoms. The first-order valence-corrected chi connectivity index (χ1v) is 11.9. The highest BCUT2D eigenvalue weighted by atomic mass is 32.2. The second kappa shape index (κ2) is 10.5. The van der Waals surface area contributed by atoms with Gasteiger partial charge >= 0.3 is 5.97 Å². The molecule has 168 valence electrons. The van der Waals surface area contributed by atoms with E-state index in [-0.39, 0.29) is 22.9 Å². The molecule has 2 rings (SSSR count). The lowest BCUT2D eigenvalue weighted by atomic mass is 9.98. The maximum atomic E-state index is 12.7. The summed E-state index contributed by atoms with van der Waals surface area (Å²) < 4.78 is 32.2. The number of nitrogens with zero attached hydrogens (tertiary/aromatic N) is 1. The number of sulfonamides is 1. The molecule has 0 fully saturated rings. The van der Waals surface area contributed by atoms with E-state index >= 15 is 0 Å². The van der Waals surface area contributed by atoms with E-state index in [4.69, 9.17) is 4.74 Å². The number of nitro groups is 1. The number of hydrogen-bond acceptors (Lipinski definition) is 8. The Balaban J connectivity index is 2.21. The van der Waals surface area contributed by atoms with Crippen LogP contribution in [0.3, 0.4) is 0 Å². The predicted octanol–water partition coefficient (Wildman–Crippen LogP) is 3.08. The molecule has 9 nitrogen and oxygen atoms in total. The number of ether oxygens (including phenoxy) is 1. The first-order valence-electron chi connectivity index (χ1n) is 9.58. The normalized spacial score (nSPS) is 12.4. The highest BCUT2D eigenvalue weighted by molar-refractivity contribution is 7.92. The average Bonchev–Trinajstić information content (AvgIpc) is 3.15. The Kier molecular flexibility index (Phi) is 8.28. The van der Waals surface area contributed by atoms with E-state index in [1.807, 2.05) is 18.6 Å². The molecule has 31 heavy (non-hydrogen) atoms. The molecule has 2 aromatic rings. The van der Waals surface area contributed by atoms with Gasteiger partial charge in [0.05, 0.1) is 11.5 Å². The van der Waals surface area contributed by atoms with E-state index in [1.165, 1.54) is 30.3 Å². The molecule has 1 aromatic carbocycles. The van der Waals surface area contributed by atoms with Crippen molar-refractivity contribution in [1.29, 1.82) is 0 Å². The Hall–Kier alpha value is -2.79. The van der Waals surface area contributed by atoms with Crippen molar-refractivity contribution in [2.24, 2.45) is 11.8 Å². The van der Waals surface area contributed by atoms with Crippen LogP contribution in [0.1, 0.15) is 31.2 Å². The number of rotatable bonds is 10. The number of thiophene rings is 1. The Morgan fingerprint density at radius 3 is 2.32 bits per heavy atom. The van der Waals surface area contributed by atoms with Gasteiger partial charge in [-0.2, -0.15) is 0 Å². The number of nitro benzene ring substituents is 1. The zero-order valence-corrected chi connectivity index (χ0v) is 19.0. The number of esters is 1. The van der Waals surface area contributed by atoms with Gasteiger partial charge in [0.2, 0.25) is 5.91 Å². The van der Waals surface area contributed by atoms with Gasteiger partial charge in [-0.05, 0) is 43.4 Å². The molecule has 0 aliphatic heterocycles. The summed E-state index contributed by atoms with van der Waals surface area (Å²) in [5, 5.41) is 10.8. The molecular weight excluding hydrogens is 444 g/mol. The summed E-state index contributed by atoms with van der Waals surface area (Å²) in [6, 6.07) is 8.42. The van der Waals surface area contributed by atoms with Gasteiger partial charge < -0.3 is 4.74 Å². The molecule has 1 atom stereocenters. The third kappa shape index (κ3) is 6.86. The highest BCUT2D eigenvalue weighted by Crippen LogP contribution is 2.24. The van der Waals surface area contributed by atoms with Crippen LogP contribution in [-0.4, -0.2) is 31.8 Å². The topological polar surface area (TPSA) is 133 Å². The van der Waals surface area contributed by atoms with Gasteiger partial charge in [0.1, 0.15) is 10.1 Å². The van der Waals surface area contributed by atoms with E-state index in [1.54, 1.807) is 13.0 Å². The monoisotopic (exact) mass is 468 g/mol. The van der Waals surface area contributed by atoms with Crippen molar-refractivity contribution < 1.29 is 27.7 Å². The van der Waals surface area contributed by atoms with Crippen LogP contribution in [0.25, 0.3) is 0 Å². The summed E-state index contributed by atoms with van der Waals surface area (Å²) in [5.41, 5.74) is 0.310. The Morgan fingerprint density at radius 1 is 1.13 bits per heavy atom. The number of amides is 1. The number of non-ortho nitro benzene ring substituents is 1. The van der Waals surface area contributed by atoms with Crippen molar-refractivity contribution in [3.05, 3.63) is 57.0 Å². The first kappa shape index (κ1) is 24.5. The molecule has 1 aromatic heterocycles. The van der Waals surface area contributed by atoms with Gasteiger partial charge in [0.25, 0.3) is 15.7 Å². The van der Waals surface area contributed by atoms with Crippen molar-refractivity contribution in [2.75, 3.05) is 6.61 Å². The van der Waals surface area contributed by atoms with Crippen LogP contribution < -0.4 is 4.72 Å². The number of carbonyl (C=O) groups is 2. The third-order valence-electron chi connectivity index (χ3n) is 4.22. The molecule has 0 radical (unpaired) electrons. The van der Waals surface area contributed by atoms with Gasteiger partial charge in [-0.15, -0.1) is 11.3 Å². The smallest absolute Gasteiger partial charge is 0.318 e. The number of hydrogen-bond donors (Lipinski definition) is 1. The highest BCUT2D eigenvalue weighted by Gasteiger charge is 2.32. The molecule has 1 heterocycles. The van der Waals surface area contributed by atoms with Crippen molar-refractivity contribution in [1.82, 2.24) is 4.72 Å².